The molecule has 2 unspecified atom stereocenters. The van der Waals surface area contributed by atoms with Gasteiger partial charge in [-0.3, -0.25) is 18.6 Å². The number of allylic oxidation sites excluding steroid dienone is 12. The number of phosphoric ester groups is 1. The highest BCUT2D eigenvalue weighted by atomic mass is 31.2. The molecule has 50 heavy (non-hydrogen) atoms. The first-order chi connectivity index (χ1) is 24.0. The Balaban J connectivity index is 4.55. The Morgan fingerprint density at radius 1 is 0.640 bits per heavy atom. The minimum Gasteiger partial charge on any atom is -0.462 e. The summed E-state index contributed by atoms with van der Waals surface area (Å²) in [6.45, 7) is 4.13. The summed E-state index contributed by atoms with van der Waals surface area (Å²) in [6.07, 6.45) is 38.5. The molecule has 0 rings (SSSR count). The number of phosphoric acid groups is 1. The molecule has 2 atom stereocenters. The molecule has 1 N–H and O–H groups in total. The van der Waals surface area contributed by atoms with Gasteiger partial charge in [0.15, 0.2) is 6.10 Å². The summed E-state index contributed by atoms with van der Waals surface area (Å²) >= 11 is 0. The summed E-state index contributed by atoms with van der Waals surface area (Å²) in [5, 5.41) is 0. The molecule has 286 valence electrons. The third kappa shape index (κ3) is 35.3. The van der Waals surface area contributed by atoms with Gasteiger partial charge in [0.25, 0.3) is 0 Å². The van der Waals surface area contributed by atoms with E-state index in [0.717, 1.165) is 64.2 Å². The molecule has 0 saturated carbocycles. The van der Waals surface area contributed by atoms with Crippen molar-refractivity contribution in [3.8, 4) is 0 Å². The molecule has 0 aliphatic carbocycles. The van der Waals surface area contributed by atoms with Gasteiger partial charge in [0, 0.05) is 12.8 Å². The quantitative estimate of drug-likeness (QED) is 0.0240. The van der Waals surface area contributed by atoms with Crippen LogP contribution in [0.4, 0.5) is 0 Å². The predicted molar refractivity (Wildman–Crippen MR) is 206 cm³/mol. The van der Waals surface area contributed by atoms with Gasteiger partial charge in [-0.1, -0.05) is 125 Å². The fourth-order valence-corrected chi connectivity index (χ4v) is 5.07. The maximum absolute atomic E-state index is 12.6. The SMILES string of the molecule is CC/C=C\C/C=C\C/C=C\C/C=C\C/C=C\C/C=C\CCC(=O)OC(COC(=O)CCCCCCCCC)COP(=O)(O)OCC[N+](C)(C)C. The number of hydrogen-bond acceptors (Lipinski definition) is 7. The van der Waals surface area contributed by atoms with Crippen molar-refractivity contribution in [2.45, 2.75) is 123 Å². The van der Waals surface area contributed by atoms with Gasteiger partial charge in [-0.25, -0.2) is 4.57 Å². The average molecular weight is 723 g/mol. The molecule has 10 heteroatoms. The molecule has 0 aromatic rings. The lowest BCUT2D eigenvalue weighted by molar-refractivity contribution is -0.870. The van der Waals surface area contributed by atoms with Crippen LogP contribution in [0.15, 0.2) is 72.9 Å². The smallest absolute Gasteiger partial charge is 0.462 e. The number of esters is 2. The number of hydrogen-bond donors (Lipinski definition) is 1. The summed E-state index contributed by atoms with van der Waals surface area (Å²) < 4.78 is 33.9. The zero-order chi connectivity index (χ0) is 37.2. The molecule has 0 aliphatic heterocycles. The topological polar surface area (TPSA) is 108 Å². The number of likely N-dealkylation sites (N-methyl/N-ethyl adjacent to an activating group) is 1. The number of carbonyl (C=O) groups excluding carboxylic acids is 2. The molecule has 0 amide bonds. The average Bonchev–Trinajstić information content (AvgIpc) is 3.06. The lowest BCUT2D eigenvalue weighted by atomic mass is 10.1. The first-order valence-electron chi connectivity index (χ1n) is 18.7. The fraction of sp³-hybridized carbons (Fsp3) is 0.650. The third-order valence-corrected chi connectivity index (χ3v) is 8.25. The summed E-state index contributed by atoms with van der Waals surface area (Å²) in [5.74, 6) is -0.913. The van der Waals surface area contributed by atoms with Crippen LogP contribution in [0, 0.1) is 0 Å². The Kier molecular flexibility index (Phi) is 30.7. The minimum atomic E-state index is -4.38. The van der Waals surface area contributed by atoms with Crippen molar-refractivity contribution in [3.63, 3.8) is 0 Å². The highest BCUT2D eigenvalue weighted by Gasteiger charge is 2.27. The van der Waals surface area contributed by atoms with Crippen LogP contribution in [-0.4, -0.2) is 74.9 Å². The predicted octanol–water partition coefficient (Wildman–Crippen LogP) is 9.90. The first kappa shape index (κ1) is 47.4. The van der Waals surface area contributed by atoms with E-state index in [1.54, 1.807) is 0 Å². The van der Waals surface area contributed by atoms with E-state index in [1.165, 1.54) is 19.3 Å². The van der Waals surface area contributed by atoms with Crippen molar-refractivity contribution >= 4 is 19.8 Å². The third-order valence-electron chi connectivity index (χ3n) is 7.26. The van der Waals surface area contributed by atoms with Gasteiger partial charge in [0.1, 0.15) is 19.8 Å². The zero-order valence-corrected chi connectivity index (χ0v) is 32.7. The second kappa shape index (κ2) is 32.4. The number of quaternary nitrogens is 1. The van der Waals surface area contributed by atoms with Crippen molar-refractivity contribution in [2.75, 3.05) is 47.5 Å². The Morgan fingerprint density at radius 2 is 1.14 bits per heavy atom. The first-order valence-corrected chi connectivity index (χ1v) is 20.2. The van der Waals surface area contributed by atoms with Crippen molar-refractivity contribution in [1.82, 2.24) is 0 Å². The lowest BCUT2D eigenvalue weighted by Gasteiger charge is -2.24. The Labute approximate surface area is 304 Å². The molecule has 0 aromatic heterocycles. The van der Waals surface area contributed by atoms with Gasteiger partial charge in [-0.15, -0.1) is 0 Å². The number of carbonyl (C=O) groups is 2. The molecule has 0 saturated heterocycles. The normalized spacial score (nSPS) is 14.6. The summed E-state index contributed by atoms with van der Waals surface area (Å²) in [7, 11) is 1.42. The van der Waals surface area contributed by atoms with Crippen molar-refractivity contribution in [3.05, 3.63) is 72.9 Å². The van der Waals surface area contributed by atoms with Crippen LogP contribution in [-0.2, 0) is 32.7 Å². The molecule has 0 aromatic carbocycles. The Morgan fingerprint density at radius 3 is 1.66 bits per heavy atom. The van der Waals surface area contributed by atoms with E-state index in [1.807, 2.05) is 33.3 Å². The maximum Gasteiger partial charge on any atom is 0.472 e. The molecular formula is C40H69NO8P+. The Hall–Kier alpha value is -2.55. The number of unbranched alkanes of at least 4 members (excludes halogenated alkanes) is 6. The van der Waals surface area contributed by atoms with Crippen LogP contribution >= 0.6 is 7.82 Å². The molecule has 0 heterocycles. The molecule has 9 nitrogen and oxygen atoms in total. The van der Waals surface area contributed by atoms with Gasteiger partial charge < -0.3 is 18.9 Å². The second-order valence-electron chi connectivity index (χ2n) is 13.2. The minimum absolute atomic E-state index is 0.0150. The summed E-state index contributed by atoms with van der Waals surface area (Å²) in [5.41, 5.74) is 0. The monoisotopic (exact) mass is 722 g/mol. The highest BCUT2D eigenvalue weighted by Crippen LogP contribution is 2.43. The van der Waals surface area contributed by atoms with Gasteiger partial charge in [0.2, 0.25) is 0 Å². The second-order valence-corrected chi connectivity index (χ2v) is 14.7. The van der Waals surface area contributed by atoms with Crippen LogP contribution in [0.5, 0.6) is 0 Å². The van der Waals surface area contributed by atoms with Crippen LogP contribution in [0.25, 0.3) is 0 Å². The van der Waals surface area contributed by atoms with E-state index in [2.05, 4.69) is 74.6 Å². The van der Waals surface area contributed by atoms with Crippen LogP contribution < -0.4 is 0 Å². The molecule has 0 spiro atoms. The van der Waals surface area contributed by atoms with E-state index in [4.69, 9.17) is 18.5 Å². The number of rotatable bonds is 32. The fourth-order valence-electron chi connectivity index (χ4n) is 4.33. The molecule has 0 fully saturated rings. The molecule has 0 aliphatic rings. The molecule has 0 radical (unpaired) electrons. The van der Waals surface area contributed by atoms with E-state index >= 15 is 0 Å². The summed E-state index contributed by atoms with van der Waals surface area (Å²) in [6, 6.07) is 0. The number of ether oxygens (including phenoxy) is 2. The van der Waals surface area contributed by atoms with Gasteiger partial charge in [-0.2, -0.15) is 0 Å². The standard InChI is InChI=1S/C40H68NO8P/c1-6-8-10-12-14-15-16-17-18-19-20-21-22-23-24-25-27-29-31-33-40(43)49-38(37-48-50(44,45)47-35-34-41(3,4)5)36-46-39(42)32-30-28-26-13-11-9-7-2/h8,10,14-15,17-18,20-21,23-24,27,29,38H,6-7,9,11-13,16,19,22,25-26,28,30-37H2,1-5H3/p+1/b10-8-,15-14-,18-17-,21-20-,24-23-,29-27-. The lowest BCUT2D eigenvalue weighted by Crippen LogP contribution is -2.37. The summed E-state index contributed by atoms with van der Waals surface area (Å²) in [4.78, 5) is 35.0. The van der Waals surface area contributed by atoms with Crippen molar-refractivity contribution < 1.29 is 42.1 Å². The van der Waals surface area contributed by atoms with Gasteiger partial charge in [0.05, 0.1) is 27.7 Å². The van der Waals surface area contributed by atoms with Crippen molar-refractivity contribution in [1.29, 1.82) is 0 Å². The highest BCUT2D eigenvalue weighted by molar-refractivity contribution is 7.47. The van der Waals surface area contributed by atoms with E-state index in [-0.39, 0.29) is 26.1 Å². The van der Waals surface area contributed by atoms with E-state index in [9.17, 15) is 19.0 Å². The van der Waals surface area contributed by atoms with Gasteiger partial charge in [-0.05, 0) is 51.4 Å². The van der Waals surface area contributed by atoms with Crippen molar-refractivity contribution in [2.24, 2.45) is 0 Å². The molecule has 0 bridgehead atoms. The van der Waals surface area contributed by atoms with E-state index in [0.29, 0.717) is 17.4 Å². The van der Waals surface area contributed by atoms with Crippen LogP contribution in [0.3, 0.4) is 0 Å². The molecular weight excluding hydrogens is 653 g/mol. The largest absolute Gasteiger partial charge is 0.472 e. The maximum atomic E-state index is 12.6. The van der Waals surface area contributed by atoms with Gasteiger partial charge >= 0.3 is 19.8 Å². The van der Waals surface area contributed by atoms with Crippen LogP contribution in [0.2, 0.25) is 0 Å². The van der Waals surface area contributed by atoms with Crippen LogP contribution in [0.1, 0.15) is 117 Å². The number of nitrogens with zero attached hydrogens (tertiary/aromatic N) is 1. The Bertz CT molecular complexity index is 1090. The zero-order valence-electron chi connectivity index (χ0n) is 31.8. The van der Waals surface area contributed by atoms with E-state index < -0.39 is 32.5 Å².